The Bertz CT molecular complexity index is 959. The van der Waals surface area contributed by atoms with Gasteiger partial charge in [-0.1, -0.05) is 51.8 Å². The van der Waals surface area contributed by atoms with Gasteiger partial charge in [-0.15, -0.1) is 0 Å². The Morgan fingerprint density at radius 3 is 2.45 bits per heavy atom. The van der Waals surface area contributed by atoms with Crippen LogP contribution >= 0.6 is 0 Å². The van der Waals surface area contributed by atoms with Crippen molar-refractivity contribution in [2.45, 2.75) is 116 Å². The van der Waals surface area contributed by atoms with E-state index in [-0.39, 0.29) is 41.7 Å². The van der Waals surface area contributed by atoms with E-state index in [0.29, 0.717) is 49.5 Å². The third-order valence-electron chi connectivity index (χ3n) is 9.96. The minimum atomic E-state index is -0.630. The van der Waals surface area contributed by atoms with Crippen molar-refractivity contribution in [3.05, 3.63) is 23.8 Å². The molecule has 0 aromatic rings. The number of amides is 1. The number of fused-ring (bicyclic) bond motifs is 5. The second-order valence-corrected chi connectivity index (χ2v) is 12.7. The smallest absolute Gasteiger partial charge is 0.306 e. The zero-order valence-corrected chi connectivity index (χ0v) is 25.1. The number of esters is 1. The van der Waals surface area contributed by atoms with E-state index in [9.17, 15) is 14.4 Å². The molecule has 2 aliphatic heterocycles. The van der Waals surface area contributed by atoms with Gasteiger partial charge >= 0.3 is 5.97 Å². The van der Waals surface area contributed by atoms with Gasteiger partial charge in [-0.25, -0.2) is 0 Å². The van der Waals surface area contributed by atoms with Crippen LogP contribution in [0, 0.1) is 35.5 Å². The van der Waals surface area contributed by atoms with Crippen molar-refractivity contribution in [2.24, 2.45) is 35.5 Å². The summed E-state index contributed by atoms with van der Waals surface area (Å²) in [6.07, 6.45) is 17.5. The molecule has 3 fully saturated rings. The molecule has 7 heteroatoms. The van der Waals surface area contributed by atoms with Crippen LogP contribution in [0.2, 0.25) is 0 Å². The molecule has 40 heavy (non-hydrogen) atoms. The van der Waals surface area contributed by atoms with E-state index in [1.54, 1.807) is 11.9 Å². The minimum absolute atomic E-state index is 0.00972. The predicted octanol–water partition coefficient (Wildman–Crippen LogP) is 5.60. The number of nitrogens with zero attached hydrogens (tertiary/aromatic N) is 1. The molecule has 1 saturated carbocycles. The minimum Gasteiger partial charge on any atom is -0.462 e. The summed E-state index contributed by atoms with van der Waals surface area (Å²) in [5, 5.41) is 9.08. The first-order valence-corrected chi connectivity index (χ1v) is 15.9. The fourth-order valence-corrected chi connectivity index (χ4v) is 7.60. The number of carbonyl (C=O) groups is 3. The topological polar surface area (TPSA) is 93.1 Å². The molecule has 1 N–H and O–H groups in total. The lowest BCUT2D eigenvalue weighted by molar-refractivity contribution is -0.151. The van der Waals surface area contributed by atoms with E-state index in [4.69, 9.17) is 14.6 Å². The van der Waals surface area contributed by atoms with Gasteiger partial charge in [0.1, 0.15) is 6.10 Å². The molecule has 2 saturated heterocycles. The van der Waals surface area contributed by atoms with Gasteiger partial charge in [-0.3, -0.25) is 14.4 Å². The first-order chi connectivity index (χ1) is 19.2. The fourth-order valence-electron chi connectivity index (χ4n) is 7.60. The lowest BCUT2D eigenvalue weighted by Gasteiger charge is -2.34. The number of aliphatic hydroxyl groups is 1. The van der Waals surface area contributed by atoms with Crippen LogP contribution in [0.15, 0.2) is 23.8 Å². The molecule has 1 amide bonds. The van der Waals surface area contributed by atoms with E-state index < -0.39 is 6.29 Å². The summed E-state index contributed by atoms with van der Waals surface area (Å²) in [5.74, 6) is 2.48. The van der Waals surface area contributed by atoms with Crippen LogP contribution in [0.4, 0.5) is 0 Å². The van der Waals surface area contributed by atoms with E-state index in [2.05, 4.69) is 32.1 Å². The SMILES string of the molecule is CCC(=O)N(C)CC1CCC(O)O1.CCC1CCCCC(C)C(=O)C2=CC3C(C=CC4CCCC43)C2CC(=O)O1. The van der Waals surface area contributed by atoms with Gasteiger partial charge in [0.05, 0.1) is 12.5 Å². The Kier molecular flexibility index (Phi) is 11.0. The van der Waals surface area contributed by atoms with Crippen LogP contribution in [0.1, 0.15) is 97.8 Å². The highest BCUT2D eigenvalue weighted by molar-refractivity contribution is 5.98. The lowest BCUT2D eigenvalue weighted by atomic mass is 9.70. The molecule has 2 heterocycles. The molecular weight excluding hydrogens is 506 g/mol. The maximum absolute atomic E-state index is 13.3. The van der Waals surface area contributed by atoms with Crippen LogP contribution in [-0.2, 0) is 23.9 Å². The Morgan fingerprint density at radius 2 is 1.75 bits per heavy atom. The summed E-state index contributed by atoms with van der Waals surface area (Å²) >= 11 is 0. The fraction of sp³-hybridized carbons (Fsp3) is 0.788. The molecule has 0 radical (unpaired) electrons. The number of allylic oxidation sites excluding steroid dienone is 4. The van der Waals surface area contributed by atoms with Crippen molar-refractivity contribution < 1.29 is 29.0 Å². The second kappa shape index (κ2) is 14.3. The van der Waals surface area contributed by atoms with Crippen LogP contribution in [-0.4, -0.2) is 59.8 Å². The Morgan fingerprint density at radius 1 is 0.975 bits per heavy atom. The van der Waals surface area contributed by atoms with E-state index >= 15 is 0 Å². The highest BCUT2D eigenvalue weighted by Crippen LogP contribution is 2.53. The molecular formula is C33H51NO6. The number of Topliss-reactive ketones (excluding diaryl/α,β-unsaturated/α-hetero) is 1. The Hall–Kier alpha value is -1.99. The van der Waals surface area contributed by atoms with Gasteiger partial charge < -0.3 is 19.5 Å². The van der Waals surface area contributed by atoms with Crippen molar-refractivity contribution in [1.82, 2.24) is 4.90 Å². The zero-order chi connectivity index (χ0) is 28.8. The number of cyclic esters (lactones) is 1. The molecule has 5 rings (SSSR count). The molecule has 7 nitrogen and oxygen atoms in total. The van der Waals surface area contributed by atoms with Crippen molar-refractivity contribution in [3.8, 4) is 0 Å². The highest BCUT2D eigenvalue weighted by Gasteiger charge is 2.47. The van der Waals surface area contributed by atoms with Crippen molar-refractivity contribution >= 4 is 17.7 Å². The number of aliphatic hydroxyl groups excluding tert-OH is 1. The molecule has 0 bridgehead atoms. The number of likely N-dealkylation sites (N-methyl/N-ethyl adjacent to an activating group) is 1. The van der Waals surface area contributed by atoms with E-state index in [1.165, 1.54) is 19.3 Å². The number of ether oxygens (including phenoxy) is 2. The molecule has 5 aliphatic rings. The monoisotopic (exact) mass is 557 g/mol. The molecule has 224 valence electrons. The first-order valence-electron chi connectivity index (χ1n) is 15.9. The van der Waals surface area contributed by atoms with Gasteiger partial charge in [0.25, 0.3) is 0 Å². The van der Waals surface area contributed by atoms with E-state index in [0.717, 1.165) is 44.1 Å². The number of ketones is 1. The quantitative estimate of drug-likeness (QED) is 0.357. The van der Waals surface area contributed by atoms with E-state index in [1.807, 2.05) is 6.92 Å². The average Bonchev–Trinajstić information content (AvgIpc) is 3.67. The van der Waals surface area contributed by atoms with Crippen molar-refractivity contribution in [2.75, 3.05) is 13.6 Å². The maximum atomic E-state index is 13.3. The standard InChI is InChI=1S/C24H34O3.C9H17NO3/c1-3-17-9-5-4-7-15(2)24(26)22-13-20-18-10-6-8-16(18)11-12-19(20)21(22)14-23(25)27-17;1-3-8(11)10(2)6-7-4-5-9(12)13-7/h11-13,15-21H,3-10,14H2,1-2H3;7,9,12H,3-6H2,1-2H3. The highest BCUT2D eigenvalue weighted by atomic mass is 16.6. The van der Waals surface area contributed by atoms with Crippen molar-refractivity contribution in [3.63, 3.8) is 0 Å². The summed E-state index contributed by atoms with van der Waals surface area (Å²) in [6, 6.07) is 0. The molecule has 0 aromatic heterocycles. The maximum Gasteiger partial charge on any atom is 0.306 e. The first kappa shape index (κ1) is 31.0. The van der Waals surface area contributed by atoms with Gasteiger partial charge in [-0.05, 0) is 74.2 Å². The normalized spacial score (nSPS) is 37.5. The number of rotatable bonds is 4. The molecule has 0 aromatic carbocycles. The third kappa shape index (κ3) is 7.44. The zero-order valence-electron chi connectivity index (χ0n) is 25.1. The Labute approximate surface area is 240 Å². The molecule has 9 atom stereocenters. The summed E-state index contributed by atoms with van der Waals surface area (Å²) in [6.45, 7) is 6.60. The summed E-state index contributed by atoms with van der Waals surface area (Å²) in [5.41, 5.74) is 0.945. The summed E-state index contributed by atoms with van der Waals surface area (Å²) in [7, 11) is 1.76. The Balaban J connectivity index is 0.000000240. The second-order valence-electron chi connectivity index (χ2n) is 12.7. The summed E-state index contributed by atoms with van der Waals surface area (Å²) in [4.78, 5) is 38.8. The summed E-state index contributed by atoms with van der Waals surface area (Å²) < 4.78 is 11.0. The van der Waals surface area contributed by atoms with Gasteiger partial charge in [0.2, 0.25) is 5.91 Å². The van der Waals surface area contributed by atoms with Crippen molar-refractivity contribution in [1.29, 1.82) is 0 Å². The molecule has 3 aliphatic carbocycles. The lowest BCUT2D eigenvalue weighted by Crippen LogP contribution is -2.33. The third-order valence-corrected chi connectivity index (χ3v) is 9.96. The largest absolute Gasteiger partial charge is 0.462 e. The van der Waals surface area contributed by atoms with Crippen LogP contribution in [0.5, 0.6) is 0 Å². The van der Waals surface area contributed by atoms with Crippen LogP contribution in [0.25, 0.3) is 0 Å². The average molecular weight is 558 g/mol. The van der Waals surface area contributed by atoms with Gasteiger partial charge in [-0.2, -0.15) is 0 Å². The number of hydrogen-bond acceptors (Lipinski definition) is 6. The van der Waals surface area contributed by atoms with Gasteiger partial charge in [0.15, 0.2) is 12.1 Å². The molecule has 9 unspecified atom stereocenters. The van der Waals surface area contributed by atoms with Gasteiger partial charge in [0, 0.05) is 38.3 Å². The predicted molar refractivity (Wildman–Crippen MR) is 154 cm³/mol. The number of carbonyl (C=O) groups excluding carboxylic acids is 3. The van der Waals surface area contributed by atoms with Crippen LogP contribution < -0.4 is 0 Å². The number of hydrogen-bond donors (Lipinski definition) is 1. The van der Waals surface area contributed by atoms with Crippen LogP contribution in [0.3, 0.4) is 0 Å². The molecule has 0 spiro atoms.